The lowest BCUT2D eigenvalue weighted by atomic mass is 10.1. The predicted octanol–water partition coefficient (Wildman–Crippen LogP) is 4.01. The fourth-order valence-electron chi connectivity index (χ4n) is 2.11. The summed E-state index contributed by atoms with van der Waals surface area (Å²) >= 11 is 7.75. The maximum absolute atomic E-state index is 12.8. The van der Waals surface area contributed by atoms with Gasteiger partial charge in [-0.1, -0.05) is 17.7 Å². The van der Waals surface area contributed by atoms with E-state index in [2.05, 4.69) is 11.1 Å². The monoisotopic (exact) mass is 345 g/mol. The molecular weight excluding hydrogens is 330 g/mol. The molecule has 0 spiro atoms. The second kappa shape index (κ2) is 8.56. The van der Waals surface area contributed by atoms with Crippen LogP contribution in [-0.4, -0.2) is 28.6 Å². The van der Waals surface area contributed by atoms with E-state index in [1.54, 1.807) is 41.2 Å². The Labute approximate surface area is 145 Å². The lowest BCUT2D eigenvalue weighted by molar-refractivity contribution is 0.0746. The molecule has 118 valence electrons. The van der Waals surface area contributed by atoms with E-state index in [9.17, 15) is 4.79 Å². The second-order valence-electron chi connectivity index (χ2n) is 4.84. The summed E-state index contributed by atoms with van der Waals surface area (Å²) in [6.45, 7) is 0.748. The number of benzene rings is 1. The van der Waals surface area contributed by atoms with Gasteiger partial charge in [0.1, 0.15) is 0 Å². The van der Waals surface area contributed by atoms with E-state index in [1.807, 2.05) is 24.5 Å². The summed E-state index contributed by atoms with van der Waals surface area (Å²) in [5.41, 5.74) is 1.37. The molecule has 2 rings (SSSR count). The Morgan fingerprint density at radius 3 is 2.91 bits per heavy atom. The van der Waals surface area contributed by atoms with Crippen molar-refractivity contribution in [3.63, 3.8) is 0 Å². The van der Waals surface area contributed by atoms with Crippen molar-refractivity contribution < 1.29 is 4.79 Å². The predicted molar refractivity (Wildman–Crippen MR) is 92.4 cm³/mol. The van der Waals surface area contributed by atoms with E-state index >= 15 is 0 Å². The molecule has 0 bridgehead atoms. The van der Waals surface area contributed by atoms with Crippen LogP contribution < -0.4 is 0 Å². The van der Waals surface area contributed by atoms with Crippen LogP contribution in [0.1, 0.15) is 22.3 Å². The third kappa shape index (κ3) is 4.72. The minimum atomic E-state index is -0.176. The highest BCUT2D eigenvalue weighted by Crippen LogP contribution is 2.24. The summed E-state index contributed by atoms with van der Waals surface area (Å²) in [7, 11) is 0. The van der Waals surface area contributed by atoms with E-state index in [-0.39, 0.29) is 12.3 Å². The molecule has 1 aromatic heterocycles. The van der Waals surface area contributed by atoms with Gasteiger partial charge in [0.15, 0.2) is 0 Å². The normalized spacial score (nSPS) is 10.1. The second-order valence-corrected chi connectivity index (χ2v) is 6.13. The Kier molecular flexibility index (Phi) is 6.45. The number of rotatable bonds is 6. The smallest absolute Gasteiger partial charge is 0.255 e. The van der Waals surface area contributed by atoms with Crippen molar-refractivity contribution in [1.29, 1.82) is 5.26 Å². The van der Waals surface area contributed by atoms with Gasteiger partial charge in [-0.25, -0.2) is 0 Å². The maximum atomic E-state index is 12.8. The molecule has 1 amide bonds. The number of pyridine rings is 1. The van der Waals surface area contributed by atoms with E-state index in [1.165, 1.54) is 0 Å². The lowest BCUT2D eigenvalue weighted by Gasteiger charge is -2.22. The van der Waals surface area contributed by atoms with Crippen LogP contribution in [0, 0.1) is 11.3 Å². The molecule has 0 N–H and O–H groups in total. The Bertz CT molecular complexity index is 716. The van der Waals surface area contributed by atoms with Gasteiger partial charge in [0.25, 0.3) is 5.91 Å². The molecule has 6 heteroatoms. The van der Waals surface area contributed by atoms with E-state index in [4.69, 9.17) is 16.9 Å². The minimum Gasteiger partial charge on any atom is -0.333 e. The van der Waals surface area contributed by atoms with Crippen LogP contribution in [-0.2, 0) is 6.54 Å². The first-order valence-electron chi connectivity index (χ1n) is 7.04. The van der Waals surface area contributed by atoms with Crippen LogP contribution in [0.2, 0.25) is 5.02 Å². The Balaban J connectivity index is 2.27. The minimum absolute atomic E-state index is 0.176. The molecule has 0 aliphatic rings. The van der Waals surface area contributed by atoms with Crippen LogP contribution in [0.4, 0.5) is 0 Å². The van der Waals surface area contributed by atoms with Crippen molar-refractivity contribution in [1.82, 2.24) is 9.88 Å². The zero-order valence-corrected chi connectivity index (χ0v) is 14.3. The number of nitrogens with zero attached hydrogens (tertiary/aromatic N) is 3. The highest BCUT2D eigenvalue weighted by atomic mass is 35.5. The summed E-state index contributed by atoms with van der Waals surface area (Å²) < 4.78 is 0. The molecule has 0 aliphatic carbocycles. The van der Waals surface area contributed by atoms with E-state index in [0.717, 1.165) is 10.5 Å². The highest BCUT2D eigenvalue weighted by Gasteiger charge is 2.19. The molecule has 0 radical (unpaired) electrons. The SMILES string of the molecule is CSc1ccc(Cl)c(C(=O)N(CCC#N)Cc2cccnc2)c1. The lowest BCUT2D eigenvalue weighted by Crippen LogP contribution is -2.31. The maximum Gasteiger partial charge on any atom is 0.255 e. The Hall–Kier alpha value is -2.03. The topological polar surface area (TPSA) is 57.0 Å². The molecule has 2 aromatic rings. The van der Waals surface area contributed by atoms with Crippen molar-refractivity contribution in [2.75, 3.05) is 12.8 Å². The van der Waals surface area contributed by atoms with Crippen molar-refractivity contribution in [2.24, 2.45) is 0 Å². The molecule has 1 heterocycles. The first-order valence-corrected chi connectivity index (χ1v) is 8.64. The van der Waals surface area contributed by atoms with Crippen molar-refractivity contribution in [2.45, 2.75) is 17.9 Å². The summed E-state index contributed by atoms with van der Waals surface area (Å²) in [6, 6.07) is 11.2. The molecule has 0 unspecified atom stereocenters. The Morgan fingerprint density at radius 1 is 1.43 bits per heavy atom. The number of hydrogen-bond donors (Lipinski definition) is 0. The van der Waals surface area contributed by atoms with Gasteiger partial charge in [-0.3, -0.25) is 9.78 Å². The zero-order valence-electron chi connectivity index (χ0n) is 12.7. The van der Waals surface area contributed by atoms with Gasteiger partial charge in [0.2, 0.25) is 0 Å². The molecular formula is C17H16ClN3OS. The largest absolute Gasteiger partial charge is 0.333 e. The van der Waals surface area contributed by atoms with Crippen LogP contribution in [0.25, 0.3) is 0 Å². The van der Waals surface area contributed by atoms with Gasteiger partial charge in [-0.2, -0.15) is 5.26 Å². The number of thioether (sulfide) groups is 1. The average Bonchev–Trinajstić information content (AvgIpc) is 2.59. The number of carbonyl (C=O) groups is 1. The van der Waals surface area contributed by atoms with Crippen molar-refractivity contribution in [3.8, 4) is 6.07 Å². The van der Waals surface area contributed by atoms with Crippen molar-refractivity contribution in [3.05, 3.63) is 58.9 Å². The molecule has 0 fully saturated rings. The summed E-state index contributed by atoms with van der Waals surface area (Å²) in [6.07, 6.45) is 5.61. The summed E-state index contributed by atoms with van der Waals surface area (Å²) in [4.78, 5) is 19.5. The number of carbonyl (C=O) groups excluding carboxylic acids is 1. The molecule has 4 nitrogen and oxygen atoms in total. The third-order valence-corrected chi connectivity index (χ3v) is 4.34. The number of nitriles is 1. The molecule has 23 heavy (non-hydrogen) atoms. The number of hydrogen-bond acceptors (Lipinski definition) is 4. The zero-order chi connectivity index (χ0) is 16.7. The third-order valence-electron chi connectivity index (χ3n) is 3.28. The van der Waals surface area contributed by atoms with Crippen LogP contribution in [0.5, 0.6) is 0 Å². The van der Waals surface area contributed by atoms with Gasteiger partial charge in [0.05, 0.1) is 23.1 Å². The number of amides is 1. The molecule has 0 atom stereocenters. The van der Waals surface area contributed by atoms with Crippen LogP contribution >= 0.6 is 23.4 Å². The summed E-state index contributed by atoms with van der Waals surface area (Å²) in [5, 5.41) is 9.26. The number of halogens is 1. The number of aromatic nitrogens is 1. The fourth-order valence-corrected chi connectivity index (χ4v) is 2.75. The van der Waals surface area contributed by atoms with Crippen LogP contribution in [0.3, 0.4) is 0 Å². The quantitative estimate of drug-likeness (QED) is 0.742. The standard InChI is InChI=1S/C17H16ClN3OS/c1-23-14-5-6-16(18)15(10-14)17(22)21(9-3-7-19)12-13-4-2-8-20-11-13/h2,4-6,8,10-11H,3,9,12H2,1H3. The first-order chi connectivity index (χ1) is 11.2. The molecule has 1 aromatic carbocycles. The average molecular weight is 346 g/mol. The Morgan fingerprint density at radius 2 is 2.26 bits per heavy atom. The van der Waals surface area contributed by atoms with Gasteiger partial charge in [-0.05, 0) is 36.1 Å². The van der Waals surface area contributed by atoms with Gasteiger partial charge in [-0.15, -0.1) is 11.8 Å². The fraction of sp³-hybridized carbons (Fsp3) is 0.235. The van der Waals surface area contributed by atoms with E-state index < -0.39 is 0 Å². The molecule has 0 aliphatic heterocycles. The van der Waals surface area contributed by atoms with Gasteiger partial charge < -0.3 is 4.90 Å². The van der Waals surface area contributed by atoms with Crippen LogP contribution in [0.15, 0.2) is 47.6 Å². The van der Waals surface area contributed by atoms with Gasteiger partial charge in [0, 0.05) is 30.4 Å². The van der Waals surface area contributed by atoms with Crippen molar-refractivity contribution >= 4 is 29.3 Å². The first kappa shape index (κ1) is 17.3. The van der Waals surface area contributed by atoms with Gasteiger partial charge >= 0.3 is 0 Å². The molecule has 0 saturated heterocycles. The highest BCUT2D eigenvalue weighted by molar-refractivity contribution is 7.98. The molecule has 0 saturated carbocycles. The van der Waals surface area contributed by atoms with E-state index in [0.29, 0.717) is 23.7 Å². The summed E-state index contributed by atoms with van der Waals surface area (Å²) in [5.74, 6) is -0.176.